The zero-order chi connectivity index (χ0) is 17.5. The molecule has 0 aliphatic rings. The van der Waals surface area contributed by atoms with Crippen molar-refractivity contribution in [3.8, 4) is 0 Å². The van der Waals surface area contributed by atoms with Crippen LogP contribution in [0, 0.1) is 0 Å². The van der Waals surface area contributed by atoms with Gasteiger partial charge in [-0.25, -0.2) is 9.59 Å². The average Bonchev–Trinajstić information content (AvgIpc) is 2.55. The molecule has 0 aliphatic heterocycles. The molecule has 0 aromatic heterocycles. The fraction of sp³-hybridized carbons (Fsp3) is 0.263. The van der Waals surface area contributed by atoms with Gasteiger partial charge in [-0.1, -0.05) is 55.8 Å². The summed E-state index contributed by atoms with van der Waals surface area (Å²) < 4.78 is 5.33. The number of rotatable bonds is 6. The second-order valence-electron chi connectivity index (χ2n) is 5.48. The first-order valence-electron chi connectivity index (χ1n) is 7.90. The van der Waals surface area contributed by atoms with Crippen LogP contribution in [-0.2, 0) is 11.2 Å². The molecule has 5 heteroatoms. The molecule has 0 saturated heterocycles. The summed E-state index contributed by atoms with van der Waals surface area (Å²) in [6.45, 7) is 3.74. The Morgan fingerprint density at radius 1 is 1.12 bits per heavy atom. The minimum Gasteiger partial charge on any atom is -0.478 e. The third-order valence-corrected chi connectivity index (χ3v) is 3.67. The van der Waals surface area contributed by atoms with Crippen LogP contribution in [0.15, 0.2) is 48.5 Å². The second kappa shape index (κ2) is 8.15. The number of carbonyl (C=O) groups excluding carboxylic acids is 1. The monoisotopic (exact) mass is 327 g/mol. The van der Waals surface area contributed by atoms with E-state index in [1.807, 2.05) is 37.3 Å². The molecule has 0 bridgehead atoms. The summed E-state index contributed by atoms with van der Waals surface area (Å²) in [5, 5.41) is 12.0. The van der Waals surface area contributed by atoms with Crippen LogP contribution in [0.5, 0.6) is 0 Å². The fourth-order valence-electron chi connectivity index (χ4n) is 2.53. The molecule has 2 aromatic carbocycles. The molecule has 2 N–H and O–H groups in total. The van der Waals surface area contributed by atoms with Crippen molar-refractivity contribution in [3.63, 3.8) is 0 Å². The molecule has 24 heavy (non-hydrogen) atoms. The first-order valence-corrected chi connectivity index (χ1v) is 7.90. The number of anilines is 1. The van der Waals surface area contributed by atoms with Crippen LogP contribution < -0.4 is 5.32 Å². The summed E-state index contributed by atoms with van der Waals surface area (Å²) in [5.74, 6) is -1.06. The van der Waals surface area contributed by atoms with E-state index in [9.17, 15) is 14.7 Å². The molecule has 0 aliphatic carbocycles. The van der Waals surface area contributed by atoms with E-state index < -0.39 is 18.2 Å². The topological polar surface area (TPSA) is 75.6 Å². The lowest BCUT2D eigenvalue weighted by Gasteiger charge is -2.16. The van der Waals surface area contributed by atoms with Crippen LogP contribution in [0.25, 0.3) is 0 Å². The highest BCUT2D eigenvalue weighted by Gasteiger charge is 2.18. The maximum Gasteiger partial charge on any atom is 0.412 e. The number of carboxylic acids is 1. The summed E-state index contributed by atoms with van der Waals surface area (Å²) in [7, 11) is 0. The Morgan fingerprint density at radius 2 is 1.83 bits per heavy atom. The zero-order valence-electron chi connectivity index (χ0n) is 13.8. The van der Waals surface area contributed by atoms with E-state index in [1.165, 1.54) is 0 Å². The molecule has 2 rings (SSSR count). The van der Waals surface area contributed by atoms with Crippen LogP contribution in [0.4, 0.5) is 10.5 Å². The van der Waals surface area contributed by atoms with Gasteiger partial charge >= 0.3 is 12.1 Å². The SMILES string of the molecule is CCCc1cccc(NC(=O)OC(C)c2ccccc2)c1C(=O)O. The maximum absolute atomic E-state index is 12.1. The van der Waals surface area contributed by atoms with Gasteiger partial charge in [0.1, 0.15) is 6.10 Å². The van der Waals surface area contributed by atoms with Gasteiger partial charge in [-0.15, -0.1) is 0 Å². The molecule has 1 unspecified atom stereocenters. The highest BCUT2D eigenvalue weighted by atomic mass is 16.6. The number of benzene rings is 2. The van der Waals surface area contributed by atoms with Gasteiger partial charge < -0.3 is 9.84 Å². The summed E-state index contributed by atoms with van der Waals surface area (Å²) in [6, 6.07) is 14.4. The molecule has 0 spiro atoms. The molecular formula is C19H21NO4. The Bertz CT molecular complexity index is 713. The van der Waals surface area contributed by atoms with E-state index in [4.69, 9.17) is 4.74 Å². The molecule has 0 fully saturated rings. The Morgan fingerprint density at radius 3 is 2.46 bits per heavy atom. The van der Waals surface area contributed by atoms with Crippen molar-refractivity contribution in [2.75, 3.05) is 5.32 Å². The van der Waals surface area contributed by atoms with Gasteiger partial charge in [0.2, 0.25) is 0 Å². The van der Waals surface area contributed by atoms with Crippen LogP contribution in [-0.4, -0.2) is 17.2 Å². The number of aromatic carboxylic acids is 1. The van der Waals surface area contributed by atoms with Gasteiger partial charge in [0.15, 0.2) is 0 Å². The first kappa shape index (κ1) is 17.5. The van der Waals surface area contributed by atoms with Crippen molar-refractivity contribution in [2.24, 2.45) is 0 Å². The molecule has 0 saturated carbocycles. The molecule has 1 amide bonds. The number of ether oxygens (including phenoxy) is 1. The second-order valence-corrected chi connectivity index (χ2v) is 5.48. The zero-order valence-corrected chi connectivity index (χ0v) is 13.8. The van der Waals surface area contributed by atoms with E-state index in [1.54, 1.807) is 25.1 Å². The molecule has 1 atom stereocenters. The summed E-state index contributed by atoms with van der Waals surface area (Å²) in [6.07, 6.45) is 0.340. The Hall–Kier alpha value is -2.82. The number of nitrogens with one attached hydrogen (secondary N) is 1. The normalized spacial score (nSPS) is 11.6. The standard InChI is InChI=1S/C19H21NO4/c1-3-8-15-11-7-12-16(17(15)18(21)22)20-19(23)24-13(2)14-9-5-4-6-10-14/h4-7,9-13H,3,8H2,1-2H3,(H,20,23)(H,21,22). The van der Waals surface area contributed by atoms with E-state index >= 15 is 0 Å². The quantitative estimate of drug-likeness (QED) is 0.810. The van der Waals surface area contributed by atoms with E-state index in [-0.39, 0.29) is 11.3 Å². The number of aryl methyl sites for hydroxylation is 1. The average molecular weight is 327 g/mol. The van der Waals surface area contributed by atoms with Crippen molar-refractivity contribution >= 4 is 17.7 Å². The predicted molar refractivity (Wildman–Crippen MR) is 92.4 cm³/mol. The van der Waals surface area contributed by atoms with Gasteiger partial charge in [-0.2, -0.15) is 0 Å². The number of amides is 1. The van der Waals surface area contributed by atoms with Gasteiger partial charge in [-0.3, -0.25) is 5.32 Å². The number of carbonyl (C=O) groups is 2. The molecule has 0 heterocycles. The molecule has 5 nitrogen and oxygen atoms in total. The van der Waals surface area contributed by atoms with Gasteiger partial charge in [0.05, 0.1) is 11.3 Å². The Balaban J connectivity index is 2.14. The third kappa shape index (κ3) is 4.35. The maximum atomic E-state index is 12.1. The minimum atomic E-state index is -1.06. The fourth-order valence-corrected chi connectivity index (χ4v) is 2.53. The van der Waals surface area contributed by atoms with Crippen molar-refractivity contribution in [3.05, 3.63) is 65.2 Å². The largest absolute Gasteiger partial charge is 0.478 e. The lowest BCUT2D eigenvalue weighted by molar-refractivity contribution is 0.0697. The van der Waals surface area contributed by atoms with Crippen LogP contribution in [0.1, 0.15) is 47.9 Å². The molecule has 0 radical (unpaired) electrons. The summed E-state index contributed by atoms with van der Waals surface area (Å²) >= 11 is 0. The molecule has 126 valence electrons. The summed E-state index contributed by atoms with van der Waals surface area (Å²) in [4.78, 5) is 23.7. The van der Waals surface area contributed by atoms with Crippen LogP contribution in [0.3, 0.4) is 0 Å². The van der Waals surface area contributed by atoms with E-state index in [0.717, 1.165) is 12.0 Å². The number of hydrogen-bond donors (Lipinski definition) is 2. The first-order chi connectivity index (χ1) is 11.5. The predicted octanol–water partition coefficient (Wildman–Crippen LogP) is 4.65. The summed E-state index contributed by atoms with van der Waals surface area (Å²) in [5.41, 5.74) is 1.92. The van der Waals surface area contributed by atoms with E-state index in [2.05, 4.69) is 5.32 Å². The molecular weight excluding hydrogens is 306 g/mol. The van der Waals surface area contributed by atoms with Crippen molar-refractivity contribution in [1.29, 1.82) is 0 Å². The molecule has 2 aromatic rings. The highest BCUT2D eigenvalue weighted by molar-refractivity contribution is 6.00. The number of carboxylic acid groups (broad SMARTS) is 1. The highest BCUT2D eigenvalue weighted by Crippen LogP contribution is 2.23. The van der Waals surface area contributed by atoms with Gasteiger partial charge in [-0.05, 0) is 30.5 Å². The van der Waals surface area contributed by atoms with Crippen molar-refractivity contribution in [2.45, 2.75) is 32.8 Å². The lowest BCUT2D eigenvalue weighted by atomic mass is 10.0. The lowest BCUT2D eigenvalue weighted by Crippen LogP contribution is -2.18. The minimum absolute atomic E-state index is 0.115. The van der Waals surface area contributed by atoms with Crippen LogP contribution in [0.2, 0.25) is 0 Å². The Labute approximate surface area is 141 Å². The van der Waals surface area contributed by atoms with Gasteiger partial charge in [0.25, 0.3) is 0 Å². The van der Waals surface area contributed by atoms with Crippen molar-refractivity contribution < 1.29 is 19.4 Å². The van der Waals surface area contributed by atoms with Gasteiger partial charge in [0, 0.05) is 0 Å². The van der Waals surface area contributed by atoms with E-state index in [0.29, 0.717) is 12.0 Å². The number of hydrogen-bond acceptors (Lipinski definition) is 3. The van der Waals surface area contributed by atoms with Crippen molar-refractivity contribution in [1.82, 2.24) is 0 Å². The third-order valence-electron chi connectivity index (χ3n) is 3.67. The van der Waals surface area contributed by atoms with Crippen LogP contribution >= 0.6 is 0 Å². The smallest absolute Gasteiger partial charge is 0.412 e. The Kier molecular flexibility index (Phi) is 5.95.